The minimum Gasteiger partial charge on any atom is -0.365 e. The molecule has 3 aromatic rings. The lowest BCUT2D eigenvalue weighted by molar-refractivity contribution is 0.601. The van der Waals surface area contributed by atoms with Crippen LogP contribution >= 0.6 is 0 Å². The number of rotatable bonds is 6. The third-order valence-corrected chi connectivity index (χ3v) is 4.83. The van der Waals surface area contributed by atoms with Crippen molar-refractivity contribution < 1.29 is 8.42 Å². The third-order valence-electron chi connectivity index (χ3n) is 3.46. The molecule has 1 aromatic carbocycles. The van der Waals surface area contributed by atoms with Gasteiger partial charge in [0.2, 0.25) is 0 Å². The van der Waals surface area contributed by atoms with Gasteiger partial charge in [-0.05, 0) is 48.9 Å². The summed E-state index contributed by atoms with van der Waals surface area (Å²) in [6, 6.07) is 13.6. The lowest BCUT2D eigenvalue weighted by Gasteiger charge is -2.08. The van der Waals surface area contributed by atoms with E-state index in [4.69, 9.17) is 0 Å². The summed E-state index contributed by atoms with van der Waals surface area (Å²) in [4.78, 5) is 4.14. The number of pyridine rings is 1. The molecular weight excluding hydrogens is 338 g/mol. The van der Waals surface area contributed by atoms with Crippen molar-refractivity contribution in [1.29, 1.82) is 0 Å². The third kappa shape index (κ3) is 4.51. The van der Waals surface area contributed by atoms with Crippen molar-refractivity contribution in [3.05, 3.63) is 72.1 Å². The number of hydrogen-bond donors (Lipinski definition) is 2. The van der Waals surface area contributed by atoms with Crippen LogP contribution in [0.25, 0.3) is 0 Å². The average Bonchev–Trinajstić information content (AvgIpc) is 2.62. The molecule has 0 spiro atoms. The Morgan fingerprint density at radius 2 is 1.52 bits per heavy atom. The van der Waals surface area contributed by atoms with E-state index in [1.54, 1.807) is 48.8 Å². The number of hydrogen-bond acceptors (Lipinski definition) is 6. The van der Waals surface area contributed by atoms with Crippen LogP contribution in [0.3, 0.4) is 0 Å². The number of anilines is 2. The highest BCUT2D eigenvalue weighted by Gasteiger charge is 2.14. The van der Waals surface area contributed by atoms with Crippen LogP contribution in [0.4, 0.5) is 11.6 Å². The van der Waals surface area contributed by atoms with Crippen LogP contribution in [0.5, 0.6) is 0 Å². The van der Waals surface area contributed by atoms with Gasteiger partial charge in [-0.2, -0.15) is 0 Å². The standard InChI is InChI=1S/C17H17N5O2S/c1-13-2-4-15(5-3-13)25(23,24)22-17-7-6-16(20-21-17)19-12-14-8-10-18-11-9-14/h2-11H,12H2,1H3,(H,19,20)(H,21,22). The van der Waals surface area contributed by atoms with Gasteiger partial charge in [-0.1, -0.05) is 17.7 Å². The number of aromatic nitrogens is 3. The van der Waals surface area contributed by atoms with Crippen LogP contribution in [0.2, 0.25) is 0 Å². The lowest BCUT2D eigenvalue weighted by Crippen LogP contribution is -2.14. The van der Waals surface area contributed by atoms with Gasteiger partial charge < -0.3 is 5.32 Å². The van der Waals surface area contributed by atoms with Crippen molar-refractivity contribution in [2.45, 2.75) is 18.4 Å². The van der Waals surface area contributed by atoms with Gasteiger partial charge in [0.05, 0.1) is 4.90 Å². The molecule has 0 saturated heterocycles. The van der Waals surface area contributed by atoms with Crippen LogP contribution in [0.1, 0.15) is 11.1 Å². The first-order valence-electron chi connectivity index (χ1n) is 7.59. The fourth-order valence-corrected chi connectivity index (χ4v) is 3.08. The Labute approximate surface area is 146 Å². The molecule has 128 valence electrons. The van der Waals surface area contributed by atoms with Gasteiger partial charge in [0.1, 0.15) is 5.82 Å². The molecule has 0 aliphatic heterocycles. The minimum absolute atomic E-state index is 0.162. The highest BCUT2D eigenvalue weighted by molar-refractivity contribution is 7.92. The van der Waals surface area contributed by atoms with Gasteiger partial charge in [0.15, 0.2) is 5.82 Å². The van der Waals surface area contributed by atoms with Gasteiger partial charge in [-0.15, -0.1) is 10.2 Å². The quantitative estimate of drug-likeness (QED) is 0.705. The number of nitrogens with one attached hydrogen (secondary N) is 2. The first-order valence-corrected chi connectivity index (χ1v) is 9.07. The Morgan fingerprint density at radius 1 is 0.880 bits per heavy atom. The van der Waals surface area contributed by atoms with Gasteiger partial charge in [0, 0.05) is 18.9 Å². The summed E-state index contributed by atoms with van der Waals surface area (Å²) in [6.45, 7) is 2.47. The van der Waals surface area contributed by atoms with Gasteiger partial charge in [-0.25, -0.2) is 8.42 Å². The Balaban J connectivity index is 1.65. The summed E-state index contributed by atoms with van der Waals surface area (Å²) in [5.74, 6) is 0.713. The summed E-state index contributed by atoms with van der Waals surface area (Å²) in [7, 11) is -3.68. The first-order chi connectivity index (χ1) is 12.0. The molecule has 0 radical (unpaired) electrons. The number of nitrogens with zero attached hydrogens (tertiary/aromatic N) is 3. The second-order valence-electron chi connectivity index (χ2n) is 5.43. The van der Waals surface area contributed by atoms with Crippen molar-refractivity contribution in [3.8, 4) is 0 Å². The van der Waals surface area contributed by atoms with Gasteiger partial charge in [-0.3, -0.25) is 9.71 Å². The SMILES string of the molecule is Cc1ccc(S(=O)(=O)Nc2ccc(NCc3ccncc3)nn2)cc1. The molecule has 0 fully saturated rings. The zero-order chi connectivity index (χ0) is 17.7. The summed E-state index contributed by atoms with van der Waals surface area (Å²) in [5.41, 5.74) is 2.05. The van der Waals surface area contributed by atoms with Gasteiger partial charge >= 0.3 is 0 Å². The summed E-state index contributed by atoms with van der Waals surface area (Å²) >= 11 is 0. The molecule has 25 heavy (non-hydrogen) atoms. The van der Waals surface area contributed by atoms with Crippen LogP contribution < -0.4 is 10.0 Å². The molecule has 7 nitrogen and oxygen atoms in total. The maximum absolute atomic E-state index is 12.3. The molecule has 2 heterocycles. The van der Waals surface area contributed by atoms with Crippen LogP contribution in [-0.2, 0) is 16.6 Å². The maximum Gasteiger partial charge on any atom is 0.263 e. The maximum atomic E-state index is 12.3. The molecule has 2 N–H and O–H groups in total. The second-order valence-corrected chi connectivity index (χ2v) is 7.11. The molecule has 0 amide bonds. The monoisotopic (exact) mass is 355 g/mol. The Morgan fingerprint density at radius 3 is 2.16 bits per heavy atom. The number of aryl methyl sites for hydroxylation is 1. The predicted octanol–water partition coefficient (Wildman–Crippen LogP) is 2.59. The van der Waals surface area contributed by atoms with Crippen molar-refractivity contribution in [3.63, 3.8) is 0 Å². The van der Waals surface area contributed by atoms with Crippen LogP contribution in [0.15, 0.2) is 65.8 Å². The van der Waals surface area contributed by atoms with Crippen molar-refractivity contribution in [2.75, 3.05) is 10.0 Å². The van der Waals surface area contributed by atoms with E-state index in [2.05, 4.69) is 25.2 Å². The van der Waals surface area contributed by atoms with Crippen molar-refractivity contribution in [2.24, 2.45) is 0 Å². The van der Waals surface area contributed by atoms with E-state index in [0.29, 0.717) is 12.4 Å². The van der Waals surface area contributed by atoms with E-state index >= 15 is 0 Å². The predicted molar refractivity (Wildman–Crippen MR) is 95.6 cm³/mol. The fraction of sp³-hybridized carbons (Fsp3) is 0.118. The van der Waals surface area contributed by atoms with Crippen molar-refractivity contribution >= 4 is 21.7 Å². The molecule has 0 bridgehead atoms. The van der Waals surface area contributed by atoms with E-state index in [1.165, 1.54) is 0 Å². The molecule has 0 aliphatic rings. The highest BCUT2D eigenvalue weighted by atomic mass is 32.2. The van der Waals surface area contributed by atoms with E-state index in [9.17, 15) is 8.42 Å². The zero-order valence-electron chi connectivity index (χ0n) is 13.5. The molecule has 3 rings (SSSR count). The van der Waals surface area contributed by atoms with E-state index in [0.717, 1.165) is 11.1 Å². The second kappa shape index (κ2) is 7.27. The smallest absolute Gasteiger partial charge is 0.263 e. The van der Waals surface area contributed by atoms with Gasteiger partial charge in [0.25, 0.3) is 10.0 Å². The molecule has 8 heteroatoms. The summed E-state index contributed by atoms with van der Waals surface area (Å²) in [5, 5.41) is 11.0. The van der Waals surface area contributed by atoms with Crippen LogP contribution in [0, 0.1) is 6.92 Å². The summed E-state index contributed by atoms with van der Waals surface area (Å²) < 4.78 is 27.0. The molecule has 0 atom stereocenters. The van der Waals surface area contributed by atoms with E-state index in [-0.39, 0.29) is 10.7 Å². The summed E-state index contributed by atoms with van der Waals surface area (Å²) in [6.07, 6.45) is 3.43. The highest BCUT2D eigenvalue weighted by Crippen LogP contribution is 2.15. The molecule has 0 saturated carbocycles. The molecule has 0 aliphatic carbocycles. The van der Waals surface area contributed by atoms with Crippen molar-refractivity contribution in [1.82, 2.24) is 15.2 Å². The minimum atomic E-state index is -3.68. The van der Waals surface area contributed by atoms with Crippen LogP contribution in [-0.4, -0.2) is 23.6 Å². The molecule has 0 unspecified atom stereocenters. The lowest BCUT2D eigenvalue weighted by atomic mass is 10.2. The van der Waals surface area contributed by atoms with E-state index < -0.39 is 10.0 Å². The average molecular weight is 355 g/mol. The zero-order valence-corrected chi connectivity index (χ0v) is 14.4. The largest absolute Gasteiger partial charge is 0.365 e. The Kier molecular flexibility index (Phi) is 4.90. The van der Waals surface area contributed by atoms with E-state index in [1.807, 2.05) is 19.1 Å². The normalized spacial score (nSPS) is 11.1. The number of benzene rings is 1. The fourth-order valence-electron chi connectivity index (χ4n) is 2.09. The Bertz CT molecular complexity index is 927. The topological polar surface area (TPSA) is 96.9 Å². The molecular formula is C17H17N5O2S. The number of sulfonamides is 1. The first kappa shape index (κ1) is 16.8. The molecule has 2 aromatic heterocycles. The Hall–Kier alpha value is -3.00.